The monoisotopic (exact) mass is 562 g/mol. The fourth-order valence-electron chi connectivity index (χ4n) is 4.54. The van der Waals surface area contributed by atoms with E-state index in [0.717, 1.165) is 43.6 Å². The Hall–Kier alpha value is -3.88. The second kappa shape index (κ2) is 11.5. The molecule has 0 atom stereocenters. The van der Waals surface area contributed by atoms with Gasteiger partial charge in [-0.3, -0.25) is 9.10 Å². The number of aromatic nitrogens is 1. The number of para-hydroxylation sites is 1. The highest BCUT2D eigenvalue weighted by Gasteiger charge is 2.27. The zero-order valence-corrected chi connectivity index (χ0v) is 24.1. The topological polar surface area (TPSA) is 83.8 Å². The molecule has 39 heavy (non-hydrogen) atoms. The van der Waals surface area contributed by atoms with Gasteiger partial charge in [-0.15, -0.1) is 0 Å². The standard InChI is InChI=1S/C30H31ClN4O3S/c1-20-12-14-28(15-13-20)39(37,38)34(27-11-7-10-26(31)17-27)19-29(36)33-32-18-25-16-23(4)35(24(25)5)30-21(2)8-6-9-22(30)3/h6-18H,19H2,1-5H3,(H,33,36)/b32-18-. The molecule has 7 nitrogen and oxygen atoms in total. The first kappa shape index (κ1) is 28.1. The maximum absolute atomic E-state index is 13.5. The molecule has 0 fully saturated rings. The first-order valence-electron chi connectivity index (χ1n) is 12.4. The number of sulfonamides is 1. The van der Waals surface area contributed by atoms with Gasteiger partial charge in [0.25, 0.3) is 15.9 Å². The molecule has 3 aromatic carbocycles. The van der Waals surface area contributed by atoms with Crippen molar-refractivity contribution in [3.05, 3.63) is 111 Å². The summed E-state index contributed by atoms with van der Waals surface area (Å²) in [6, 6.07) is 21.0. The highest BCUT2D eigenvalue weighted by atomic mass is 35.5. The Kier molecular flexibility index (Phi) is 8.28. The van der Waals surface area contributed by atoms with Crippen LogP contribution in [0.15, 0.2) is 82.8 Å². The van der Waals surface area contributed by atoms with Crippen molar-refractivity contribution < 1.29 is 13.2 Å². The molecule has 4 rings (SSSR count). The lowest BCUT2D eigenvalue weighted by molar-refractivity contribution is -0.119. The van der Waals surface area contributed by atoms with Gasteiger partial charge < -0.3 is 4.57 Å². The van der Waals surface area contributed by atoms with Crippen molar-refractivity contribution in [2.75, 3.05) is 10.8 Å². The van der Waals surface area contributed by atoms with Gasteiger partial charge in [0.15, 0.2) is 0 Å². The summed E-state index contributed by atoms with van der Waals surface area (Å²) in [6.07, 6.45) is 1.57. The van der Waals surface area contributed by atoms with Gasteiger partial charge in [-0.1, -0.05) is 53.6 Å². The predicted molar refractivity (Wildman–Crippen MR) is 158 cm³/mol. The van der Waals surface area contributed by atoms with Crippen LogP contribution in [0.25, 0.3) is 5.69 Å². The lowest BCUT2D eigenvalue weighted by Gasteiger charge is -2.24. The number of hydrazone groups is 1. The normalized spacial score (nSPS) is 11.6. The number of rotatable bonds is 8. The van der Waals surface area contributed by atoms with Crippen molar-refractivity contribution in [2.45, 2.75) is 39.5 Å². The highest BCUT2D eigenvalue weighted by molar-refractivity contribution is 7.92. The smallest absolute Gasteiger partial charge is 0.264 e. The van der Waals surface area contributed by atoms with Crippen LogP contribution in [0, 0.1) is 34.6 Å². The van der Waals surface area contributed by atoms with Crippen molar-refractivity contribution in [2.24, 2.45) is 5.10 Å². The molecule has 1 amide bonds. The van der Waals surface area contributed by atoms with E-state index in [1.807, 2.05) is 32.9 Å². The Morgan fingerprint density at radius 1 is 0.949 bits per heavy atom. The van der Waals surface area contributed by atoms with E-state index in [2.05, 4.69) is 41.1 Å². The molecule has 202 valence electrons. The molecule has 1 N–H and O–H groups in total. The van der Waals surface area contributed by atoms with E-state index in [0.29, 0.717) is 5.02 Å². The lowest BCUT2D eigenvalue weighted by atomic mass is 10.1. The number of nitrogens with one attached hydrogen (secondary N) is 1. The van der Waals surface area contributed by atoms with Crippen LogP contribution in [0.5, 0.6) is 0 Å². The molecule has 0 saturated heterocycles. The summed E-state index contributed by atoms with van der Waals surface area (Å²) in [7, 11) is -4.05. The quantitative estimate of drug-likeness (QED) is 0.210. The zero-order valence-electron chi connectivity index (χ0n) is 22.6. The lowest BCUT2D eigenvalue weighted by Crippen LogP contribution is -2.39. The second-order valence-electron chi connectivity index (χ2n) is 9.50. The van der Waals surface area contributed by atoms with Gasteiger partial charge >= 0.3 is 0 Å². The van der Waals surface area contributed by atoms with Gasteiger partial charge in [0.05, 0.1) is 22.5 Å². The first-order valence-corrected chi connectivity index (χ1v) is 14.2. The number of nitrogens with zero attached hydrogens (tertiary/aromatic N) is 3. The third-order valence-corrected chi connectivity index (χ3v) is 8.54. The zero-order chi connectivity index (χ0) is 28.3. The Labute approximate surface area is 234 Å². The fraction of sp³-hybridized carbons (Fsp3) is 0.200. The van der Waals surface area contributed by atoms with Crippen LogP contribution < -0.4 is 9.73 Å². The van der Waals surface area contributed by atoms with Crippen molar-refractivity contribution in [3.8, 4) is 5.69 Å². The molecule has 0 aliphatic rings. The minimum atomic E-state index is -4.05. The van der Waals surface area contributed by atoms with Crippen LogP contribution in [0.1, 0.15) is 33.6 Å². The van der Waals surface area contributed by atoms with Gasteiger partial charge in [0.2, 0.25) is 0 Å². The summed E-state index contributed by atoms with van der Waals surface area (Å²) in [5.41, 5.74) is 9.97. The molecule has 0 saturated carbocycles. The molecule has 0 aliphatic carbocycles. The maximum atomic E-state index is 13.5. The molecule has 4 aromatic rings. The SMILES string of the molecule is Cc1ccc(S(=O)(=O)N(CC(=O)N/N=C\c2cc(C)n(-c3c(C)cccc3C)c2C)c2cccc(Cl)c2)cc1. The van der Waals surface area contributed by atoms with Crippen molar-refractivity contribution in [1.82, 2.24) is 9.99 Å². The van der Waals surface area contributed by atoms with Crippen molar-refractivity contribution in [3.63, 3.8) is 0 Å². The minimum Gasteiger partial charge on any atom is -0.317 e. The van der Waals surface area contributed by atoms with E-state index < -0.39 is 22.5 Å². The van der Waals surface area contributed by atoms with E-state index >= 15 is 0 Å². The van der Waals surface area contributed by atoms with Crippen molar-refractivity contribution in [1.29, 1.82) is 0 Å². The van der Waals surface area contributed by atoms with Crippen LogP contribution in [-0.2, 0) is 14.8 Å². The third-order valence-electron chi connectivity index (χ3n) is 6.52. The average molecular weight is 563 g/mol. The van der Waals surface area contributed by atoms with Gasteiger partial charge in [0.1, 0.15) is 6.54 Å². The van der Waals surface area contributed by atoms with Gasteiger partial charge in [0, 0.05) is 22.0 Å². The fourth-order valence-corrected chi connectivity index (χ4v) is 6.14. The van der Waals surface area contributed by atoms with E-state index in [9.17, 15) is 13.2 Å². The van der Waals surface area contributed by atoms with E-state index in [-0.39, 0.29) is 10.6 Å². The number of halogens is 1. The summed E-state index contributed by atoms with van der Waals surface area (Å²) < 4.78 is 30.2. The Morgan fingerprint density at radius 3 is 2.23 bits per heavy atom. The number of anilines is 1. The van der Waals surface area contributed by atoms with Gasteiger partial charge in [-0.05, 0) is 82.1 Å². The largest absolute Gasteiger partial charge is 0.317 e. The Morgan fingerprint density at radius 2 is 1.59 bits per heavy atom. The summed E-state index contributed by atoms with van der Waals surface area (Å²) >= 11 is 6.14. The number of carbonyl (C=O) groups excluding carboxylic acids is 1. The Bertz CT molecular complexity index is 1640. The van der Waals surface area contributed by atoms with Crippen LogP contribution in [0.3, 0.4) is 0 Å². The van der Waals surface area contributed by atoms with Crippen LogP contribution in [0.2, 0.25) is 5.02 Å². The van der Waals surface area contributed by atoms with Gasteiger partial charge in [-0.25, -0.2) is 13.8 Å². The van der Waals surface area contributed by atoms with Gasteiger partial charge in [-0.2, -0.15) is 5.10 Å². The molecular formula is C30H31ClN4O3S. The molecule has 0 bridgehead atoms. The van der Waals surface area contributed by atoms with Crippen LogP contribution in [-0.4, -0.2) is 31.7 Å². The van der Waals surface area contributed by atoms with Crippen molar-refractivity contribution >= 4 is 39.4 Å². The first-order chi connectivity index (χ1) is 18.5. The average Bonchev–Trinajstić information content (AvgIpc) is 3.15. The number of carbonyl (C=O) groups is 1. The summed E-state index contributed by atoms with van der Waals surface area (Å²) in [6.45, 7) is 9.56. The Balaban J connectivity index is 1.57. The molecule has 1 aromatic heterocycles. The number of hydrogen-bond acceptors (Lipinski definition) is 4. The van der Waals surface area contributed by atoms with E-state index in [1.165, 1.54) is 18.2 Å². The summed E-state index contributed by atoms with van der Waals surface area (Å²) in [4.78, 5) is 13.0. The van der Waals surface area contributed by atoms with E-state index in [1.54, 1.807) is 36.5 Å². The molecule has 0 unspecified atom stereocenters. The third kappa shape index (κ3) is 6.08. The number of aryl methyl sites for hydroxylation is 4. The second-order valence-corrected chi connectivity index (χ2v) is 11.8. The molecule has 0 radical (unpaired) electrons. The predicted octanol–water partition coefficient (Wildman–Crippen LogP) is 6.02. The molecular weight excluding hydrogens is 532 g/mol. The molecule has 1 heterocycles. The molecule has 0 spiro atoms. The number of hydrogen-bond donors (Lipinski definition) is 1. The molecule has 9 heteroatoms. The minimum absolute atomic E-state index is 0.0725. The highest BCUT2D eigenvalue weighted by Crippen LogP contribution is 2.27. The molecule has 0 aliphatic heterocycles. The summed E-state index contributed by atoms with van der Waals surface area (Å²) in [5.74, 6) is -0.592. The summed E-state index contributed by atoms with van der Waals surface area (Å²) in [5, 5.41) is 4.50. The number of amides is 1. The van der Waals surface area contributed by atoms with Crippen LogP contribution in [0.4, 0.5) is 5.69 Å². The maximum Gasteiger partial charge on any atom is 0.264 e. The van der Waals surface area contributed by atoms with Crippen LogP contribution >= 0.6 is 11.6 Å². The number of benzene rings is 3. The van der Waals surface area contributed by atoms with E-state index in [4.69, 9.17) is 11.6 Å².